The van der Waals surface area contributed by atoms with Crippen molar-refractivity contribution >= 4 is 17.0 Å². The first kappa shape index (κ1) is 6.78. The molecule has 2 aromatic rings. The molecule has 0 unspecified atom stereocenters. The van der Waals surface area contributed by atoms with Gasteiger partial charge in [0.2, 0.25) is 0 Å². The van der Waals surface area contributed by atoms with Crippen molar-refractivity contribution in [3.05, 3.63) is 36.0 Å². The third-order valence-corrected chi connectivity index (χ3v) is 2.36. The molecule has 13 heavy (non-hydrogen) atoms. The summed E-state index contributed by atoms with van der Waals surface area (Å²) in [5.74, 6) is 0.981. The van der Waals surface area contributed by atoms with E-state index in [1.54, 1.807) is 0 Å². The van der Waals surface area contributed by atoms with E-state index in [-0.39, 0.29) is 0 Å². The van der Waals surface area contributed by atoms with Crippen LogP contribution in [0.3, 0.4) is 0 Å². The zero-order valence-electron chi connectivity index (χ0n) is 7.08. The number of fused-ring (bicyclic) bond motifs is 3. The Morgan fingerprint density at radius 1 is 1.23 bits per heavy atom. The fourth-order valence-electron chi connectivity index (χ4n) is 1.74. The summed E-state index contributed by atoms with van der Waals surface area (Å²) in [5, 5.41) is 1.23. The van der Waals surface area contributed by atoms with Crippen LogP contribution in [0.5, 0.6) is 5.75 Å². The zero-order chi connectivity index (χ0) is 8.67. The number of aromatic amines is 1. The number of H-pyrrole nitrogens is 1. The summed E-state index contributed by atoms with van der Waals surface area (Å²) in [7, 11) is 0. The Bertz CT molecular complexity index is 482. The Balaban J connectivity index is 2.43. The van der Waals surface area contributed by atoms with E-state index in [4.69, 9.17) is 4.74 Å². The molecule has 1 aromatic heterocycles. The summed E-state index contributed by atoms with van der Waals surface area (Å²) in [6, 6.07) is 6.14. The van der Waals surface area contributed by atoms with E-state index in [1.165, 1.54) is 10.9 Å². The molecule has 1 N–H and O–H groups in total. The number of hydrogen-bond donors (Lipinski definition) is 1. The molecular formula is C11H9NO. The molecule has 0 saturated carbocycles. The van der Waals surface area contributed by atoms with Gasteiger partial charge in [0.1, 0.15) is 12.4 Å². The summed E-state index contributed by atoms with van der Waals surface area (Å²) >= 11 is 0. The van der Waals surface area contributed by atoms with Gasteiger partial charge in [-0.15, -0.1) is 0 Å². The Morgan fingerprint density at radius 2 is 2.23 bits per heavy atom. The lowest BCUT2D eigenvalue weighted by Gasteiger charge is -2.12. The third-order valence-electron chi connectivity index (χ3n) is 2.36. The molecule has 0 atom stereocenters. The summed E-state index contributed by atoms with van der Waals surface area (Å²) in [5.41, 5.74) is 2.35. The van der Waals surface area contributed by atoms with Crippen molar-refractivity contribution in [3.63, 3.8) is 0 Å². The van der Waals surface area contributed by atoms with Crippen LogP contribution in [0.25, 0.3) is 17.0 Å². The lowest BCUT2D eigenvalue weighted by Crippen LogP contribution is -1.99. The van der Waals surface area contributed by atoms with Crippen molar-refractivity contribution in [2.45, 2.75) is 0 Å². The van der Waals surface area contributed by atoms with Gasteiger partial charge in [0.15, 0.2) is 0 Å². The van der Waals surface area contributed by atoms with Gasteiger partial charge in [-0.1, -0.05) is 6.08 Å². The van der Waals surface area contributed by atoms with Crippen LogP contribution in [0.4, 0.5) is 0 Å². The molecule has 3 rings (SSSR count). The molecule has 1 aliphatic rings. The van der Waals surface area contributed by atoms with Gasteiger partial charge in [-0.05, 0) is 24.3 Å². The molecule has 2 heteroatoms. The Kier molecular flexibility index (Phi) is 1.25. The van der Waals surface area contributed by atoms with Crippen molar-refractivity contribution in [2.75, 3.05) is 6.61 Å². The van der Waals surface area contributed by atoms with Gasteiger partial charge in [0.25, 0.3) is 0 Å². The van der Waals surface area contributed by atoms with Crippen LogP contribution < -0.4 is 4.74 Å². The summed E-state index contributed by atoms with van der Waals surface area (Å²) in [6.07, 6.45) is 6.11. The molecule has 0 radical (unpaired) electrons. The van der Waals surface area contributed by atoms with Crippen LogP contribution in [0.2, 0.25) is 0 Å². The van der Waals surface area contributed by atoms with Crippen LogP contribution in [-0.4, -0.2) is 11.6 Å². The van der Waals surface area contributed by atoms with Crippen molar-refractivity contribution in [3.8, 4) is 5.75 Å². The van der Waals surface area contributed by atoms with Crippen molar-refractivity contribution < 1.29 is 4.74 Å². The lowest BCUT2D eigenvalue weighted by molar-refractivity contribution is 0.359. The molecule has 1 aromatic carbocycles. The maximum atomic E-state index is 5.50. The second kappa shape index (κ2) is 2.39. The van der Waals surface area contributed by atoms with Crippen molar-refractivity contribution in [2.24, 2.45) is 0 Å². The fraction of sp³-hybridized carbons (Fsp3) is 0.0909. The third kappa shape index (κ3) is 0.886. The van der Waals surface area contributed by atoms with E-state index in [1.807, 2.05) is 24.4 Å². The first-order chi connectivity index (χ1) is 6.45. The number of nitrogens with one attached hydrogen (secondary N) is 1. The second-order valence-corrected chi connectivity index (χ2v) is 3.13. The van der Waals surface area contributed by atoms with Gasteiger partial charge in [-0.2, -0.15) is 0 Å². The topological polar surface area (TPSA) is 25.0 Å². The Labute approximate surface area is 75.8 Å². The number of rotatable bonds is 0. The number of hydrogen-bond acceptors (Lipinski definition) is 1. The number of ether oxygens (including phenoxy) is 1. The molecule has 0 fully saturated rings. The predicted molar refractivity (Wildman–Crippen MR) is 52.8 cm³/mol. The maximum Gasteiger partial charge on any atom is 0.127 e. The molecule has 2 heterocycles. The molecular weight excluding hydrogens is 162 g/mol. The second-order valence-electron chi connectivity index (χ2n) is 3.13. The van der Waals surface area contributed by atoms with Gasteiger partial charge >= 0.3 is 0 Å². The lowest BCUT2D eigenvalue weighted by atomic mass is 10.1. The number of aromatic nitrogens is 1. The standard InChI is InChI=1S/C11H9NO/c1-2-9-8-5-6-12-10(8)3-4-11(9)13-7-1/h1-6,12H,7H2. The van der Waals surface area contributed by atoms with Crippen LogP contribution in [-0.2, 0) is 0 Å². The highest BCUT2D eigenvalue weighted by Crippen LogP contribution is 2.30. The van der Waals surface area contributed by atoms with E-state index in [2.05, 4.69) is 17.1 Å². The molecule has 0 amide bonds. The average molecular weight is 171 g/mol. The summed E-state index contributed by atoms with van der Waals surface area (Å²) in [4.78, 5) is 3.18. The van der Waals surface area contributed by atoms with Gasteiger partial charge in [-0.25, -0.2) is 0 Å². The quantitative estimate of drug-likeness (QED) is 0.647. The SMILES string of the molecule is C1=Cc2c(ccc3[nH]ccc23)OC1. The number of benzene rings is 1. The van der Waals surface area contributed by atoms with Crippen LogP contribution in [0, 0.1) is 0 Å². The van der Waals surface area contributed by atoms with Crippen molar-refractivity contribution in [1.29, 1.82) is 0 Å². The van der Waals surface area contributed by atoms with E-state index in [0.29, 0.717) is 6.61 Å². The van der Waals surface area contributed by atoms with E-state index >= 15 is 0 Å². The highest BCUT2D eigenvalue weighted by atomic mass is 16.5. The summed E-state index contributed by atoms with van der Waals surface area (Å²) < 4.78 is 5.50. The molecule has 64 valence electrons. The minimum atomic E-state index is 0.683. The predicted octanol–water partition coefficient (Wildman–Crippen LogP) is 2.57. The minimum absolute atomic E-state index is 0.683. The van der Waals surface area contributed by atoms with Gasteiger partial charge in [0.05, 0.1) is 0 Å². The minimum Gasteiger partial charge on any atom is -0.489 e. The van der Waals surface area contributed by atoms with Crippen LogP contribution in [0.1, 0.15) is 5.56 Å². The van der Waals surface area contributed by atoms with Gasteiger partial charge < -0.3 is 9.72 Å². The smallest absolute Gasteiger partial charge is 0.127 e. The molecule has 0 bridgehead atoms. The normalized spacial score (nSPS) is 14.2. The van der Waals surface area contributed by atoms with Crippen molar-refractivity contribution in [1.82, 2.24) is 4.98 Å². The maximum absolute atomic E-state index is 5.50. The van der Waals surface area contributed by atoms with Crippen LogP contribution >= 0.6 is 0 Å². The van der Waals surface area contributed by atoms with E-state index in [0.717, 1.165) is 11.3 Å². The summed E-state index contributed by atoms with van der Waals surface area (Å²) in [6.45, 7) is 0.683. The average Bonchev–Trinajstić information content (AvgIpc) is 2.65. The monoisotopic (exact) mass is 171 g/mol. The first-order valence-corrected chi connectivity index (χ1v) is 4.34. The highest BCUT2D eigenvalue weighted by molar-refractivity contribution is 5.91. The molecule has 2 nitrogen and oxygen atoms in total. The zero-order valence-corrected chi connectivity index (χ0v) is 7.08. The molecule has 0 aliphatic carbocycles. The van der Waals surface area contributed by atoms with E-state index < -0.39 is 0 Å². The Hall–Kier alpha value is -1.70. The molecule has 0 spiro atoms. The largest absolute Gasteiger partial charge is 0.489 e. The van der Waals surface area contributed by atoms with Crippen LogP contribution in [0.15, 0.2) is 30.5 Å². The van der Waals surface area contributed by atoms with Gasteiger partial charge in [0, 0.05) is 22.7 Å². The van der Waals surface area contributed by atoms with E-state index in [9.17, 15) is 0 Å². The first-order valence-electron chi connectivity index (χ1n) is 4.34. The highest BCUT2D eigenvalue weighted by Gasteiger charge is 2.08. The molecule has 1 aliphatic heterocycles. The Morgan fingerprint density at radius 3 is 3.23 bits per heavy atom. The van der Waals surface area contributed by atoms with Gasteiger partial charge in [-0.3, -0.25) is 0 Å². The molecule has 0 saturated heterocycles. The fourth-order valence-corrected chi connectivity index (χ4v) is 1.74.